The van der Waals surface area contributed by atoms with Crippen LogP contribution in [0.1, 0.15) is 30.7 Å². The minimum Gasteiger partial charge on any atom is -0.485 e. The normalized spacial score (nSPS) is 20.1. The number of fused-ring (bicyclic) bond motifs is 1. The summed E-state index contributed by atoms with van der Waals surface area (Å²) >= 11 is 8.05. The Balaban J connectivity index is 1.60. The zero-order valence-corrected chi connectivity index (χ0v) is 22.4. The zero-order valence-electron chi connectivity index (χ0n) is 20.8. The van der Waals surface area contributed by atoms with Crippen LogP contribution in [0, 0.1) is 12.8 Å². The molecule has 0 spiro atoms. The molecule has 1 aromatic carbocycles. The third-order valence-corrected chi connectivity index (χ3v) is 8.03. The molecule has 0 saturated carbocycles. The molecule has 0 unspecified atom stereocenters. The van der Waals surface area contributed by atoms with Crippen molar-refractivity contribution in [1.82, 2.24) is 19.4 Å². The summed E-state index contributed by atoms with van der Waals surface area (Å²) in [5.74, 6) is 1.33. The summed E-state index contributed by atoms with van der Waals surface area (Å²) < 4.78 is 10.4. The van der Waals surface area contributed by atoms with Gasteiger partial charge in [-0.05, 0) is 62.6 Å². The Morgan fingerprint density at radius 2 is 2.06 bits per heavy atom. The van der Waals surface area contributed by atoms with E-state index in [2.05, 4.69) is 24.1 Å². The highest BCUT2D eigenvalue weighted by atomic mass is 35.5. The van der Waals surface area contributed by atoms with Crippen LogP contribution >= 0.6 is 22.9 Å². The van der Waals surface area contributed by atoms with Gasteiger partial charge in [-0.2, -0.15) is 0 Å². The number of benzene rings is 1. The van der Waals surface area contributed by atoms with Crippen molar-refractivity contribution in [3.05, 3.63) is 79.0 Å². The lowest BCUT2D eigenvalue weighted by Crippen LogP contribution is -2.50. The molecule has 7 nitrogen and oxygen atoms in total. The number of nitrogens with one attached hydrogen (secondary N) is 1. The molecule has 36 heavy (non-hydrogen) atoms. The van der Waals surface area contributed by atoms with Gasteiger partial charge in [0.05, 0.1) is 16.8 Å². The first-order chi connectivity index (χ1) is 17.1. The number of halogens is 1. The molecule has 1 N–H and O–H groups in total. The molecule has 4 heterocycles. The Labute approximate surface area is 218 Å². The van der Waals surface area contributed by atoms with E-state index in [0.717, 1.165) is 57.0 Å². The van der Waals surface area contributed by atoms with Crippen molar-refractivity contribution in [2.24, 2.45) is 13.0 Å². The third kappa shape index (κ3) is 4.73. The molecule has 9 heteroatoms. The molecule has 0 amide bonds. The van der Waals surface area contributed by atoms with Crippen LogP contribution in [0.4, 0.5) is 0 Å². The van der Waals surface area contributed by atoms with Crippen LogP contribution in [-0.2, 0) is 13.6 Å². The summed E-state index contributed by atoms with van der Waals surface area (Å²) in [5.41, 5.74) is 2.63. The van der Waals surface area contributed by atoms with Gasteiger partial charge >= 0.3 is 5.69 Å². The second kappa shape index (κ2) is 9.50. The molecule has 0 aliphatic carbocycles. The predicted octanol–water partition coefficient (Wildman–Crippen LogP) is 4.60. The van der Waals surface area contributed by atoms with Crippen LogP contribution in [-0.4, -0.2) is 32.8 Å². The van der Waals surface area contributed by atoms with Crippen molar-refractivity contribution in [2.75, 3.05) is 13.1 Å². The number of hydrogen-bond donors (Lipinski definition) is 1. The van der Waals surface area contributed by atoms with Crippen molar-refractivity contribution in [1.29, 1.82) is 0 Å². The summed E-state index contributed by atoms with van der Waals surface area (Å²) in [6, 6.07) is 9.18. The van der Waals surface area contributed by atoms with Gasteiger partial charge in [0.1, 0.15) is 11.4 Å². The average Bonchev–Trinajstić information content (AvgIpc) is 3.23. The van der Waals surface area contributed by atoms with E-state index in [0.29, 0.717) is 10.9 Å². The number of ether oxygens (including phenoxy) is 1. The van der Waals surface area contributed by atoms with Crippen LogP contribution in [0.15, 0.2) is 52.3 Å². The number of rotatable bonds is 5. The predicted molar refractivity (Wildman–Crippen MR) is 146 cm³/mol. The Bertz CT molecular complexity index is 1570. The standard InChI is InChI=1S/C27H29ClN4O3S/c1-16-12-27(3,15-29-13-16)35-24-17(2)9-18(28)10-21(24)20-5-7-30-22-11-19(36-25(20)22)14-32-23(33)6-8-31(4)26(32)34/h5-11,16,29H,12-15H2,1-4H3/t16-,27-/m0/s1. The molecule has 1 saturated heterocycles. The van der Waals surface area contributed by atoms with E-state index >= 15 is 0 Å². The largest absolute Gasteiger partial charge is 0.485 e. The topological polar surface area (TPSA) is 78.2 Å². The van der Waals surface area contributed by atoms with E-state index in [4.69, 9.17) is 16.3 Å². The summed E-state index contributed by atoms with van der Waals surface area (Å²) in [5, 5.41) is 4.13. The summed E-state index contributed by atoms with van der Waals surface area (Å²) in [7, 11) is 1.63. The van der Waals surface area contributed by atoms with Gasteiger partial charge in [0.15, 0.2) is 0 Å². The Morgan fingerprint density at radius 3 is 2.83 bits per heavy atom. The van der Waals surface area contributed by atoms with Crippen LogP contribution < -0.4 is 21.3 Å². The van der Waals surface area contributed by atoms with E-state index in [1.165, 1.54) is 32.7 Å². The van der Waals surface area contributed by atoms with Gasteiger partial charge in [-0.25, -0.2) is 4.79 Å². The molecule has 5 rings (SSSR count). The highest BCUT2D eigenvalue weighted by Crippen LogP contribution is 2.43. The second-order valence-electron chi connectivity index (χ2n) is 10.0. The first kappa shape index (κ1) is 24.7. The smallest absolute Gasteiger partial charge is 0.331 e. The molecular weight excluding hydrogens is 496 g/mol. The maximum absolute atomic E-state index is 12.5. The van der Waals surface area contributed by atoms with Gasteiger partial charge in [-0.1, -0.05) is 18.5 Å². The summed E-state index contributed by atoms with van der Waals surface area (Å²) in [4.78, 5) is 30.3. The molecule has 2 atom stereocenters. The first-order valence-corrected chi connectivity index (χ1v) is 13.2. The van der Waals surface area contributed by atoms with E-state index in [1.54, 1.807) is 13.2 Å². The molecule has 3 aromatic heterocycles. The Hall–Kier alpha value is -2.94. The lowest BCUT2D eigenvalue weighted by Gasteiger charge is -2.38. The molecule has 188 valence electrons. The zero-order chi connectivity index (χ0) is 25.6. The maximum atomic E-state index is 12.5. The van der Waals surface area contributed by atoms with Crippen LogP contribution in [0.2, 0.25) is 5.02 Å². The number of thiophene rings is 1. The number of nitrogens with zero attached hydrogens (tertiary/aromatic N) is 3. The lowest BCUT2D eigenvalue weighted by atomic mass is 9.88. The van der Waals surface area contributed by atoms with Crippen molar-refractivity contribution < 1.29 is 4.74 Å². The number of pyridine rings is 1. The molecule has 0 radical (unpaired) electrons. The van der Waals surface area contributed by atoms with Gasteiger partial charge < -0.3 is 14.6 Å². The number of piperidine rings is 1. The number of aromatic nitrogens is 3. The van der Waals surface area contributed by atoms with Gasteiger partial charge in [0, 0.05) is 53.1 Å². The monoisotopic (exact) mass is 524 g/mol. The van der Waals surface area contributed by atoms with Gasteiger partial charge in [-0.3, -0.25) is 14.3 Å². The van der Waals surface area contributed by atoms with E-state index in [1.807, 2.05) is 31.2 Å². The SMILES string of the molecule is Cc1cc(Cl)cc(-c2ccnc3cc(Cn4c(=O)ccn(C)c4=O)sc23)c1O[C@]1(C)CNC[C@@H](C)C1. The highest BCUT2D eigenvalue weighted by molar-refractivity contribution is 7.19. The fourth-order valence-corrected chi connectivity index (χ4v) is 6.45. The highest BCUT2D eigenvalue weighted by Gasteiger charge is 2.33. The second-order valence-corrected chi connectivity index (χ2v) is 11.6. The average molecular weight is 525 g/mol. The van der Waals surface area contributed by atoms with Crippen LogP contribution in [0.5, 0.6) is 5.75 Å². The van der Waals surface area contributed by atoms with Crippen LogP contribution in [0.3, 0.4) is 0 Å². The lowest BCUT2D eigenvalue weighted by molar-refractivity contribution is 0.0424. The quantitative estimate of drug-likeness (QED) is 0.413. The minimum atomic E-state index is -0.349. The minimum absolute atomic E-state index is 0.187. The van der Waals surface area contributed by atoms with E-state index in [-0.39, 0.29) is 23.4 Å². The third-order valence-electron chi connectivity index (χ3n) is 6.67. The molecule has 1 aliphatic rings. The molecule has 4 aromatic rings. The van der Waals surface area contributed by atoms with Gasteiger partial charge in [0.2, 0.25) is 0 Å². The van der Waals surface area contributed by atoms with Gasteiger partial charge in [-0.15, -0.1) is 11.3 Å². The van der Waals surface area contributed by atoms with Crippen molar-refractivity contribution in [2.45, 2.75) is 39.3 Å². The van der Waals surface area contributed by atoms with E-state index in [9.17, 15) is 9.59 Å². The number of aryl methyl sites for hydroxylation is 2. The van der Waals surface area contributed by atoms with Gasteiger partial charge in [0.25, 0.3) is 5.56 Å². The molecule has 0 bridgehead atoms. The maximum Gasteiger partial charge on any atom is 0.331 e. The molecule has 1 fully saturated rings. The van der Waals surface area contributed by atoms with Crippen LogP contribution in [0.25, 0.3) is 21.3 Å². The Morgan fingerprint density at radius 1 is 1.25 bits per heavy atom. The van der Waals surface area contributed by atoms with Crippen molar-refractivity contribution in [3.8, 4) is 16.9 Å². The van der Waals surface area contributed by atoms with Crippen molar-refractivity contribution in [3.63, 3.8) is 0 Å². The number of hydrogen-bond acceptors (Lipinski definition) is 6. The fourth-order valence-electron chi connectivity index (χ4n) is 5.05. The first-order valence-electron chi connectivity index (χ1n) is 12.0. The summed E-state index contributed by atoms with van der Waals surface area (Å²) in [6.45, 7) is 8.35. The summed E-state index contributed by atoms with van der Waals surface area (Å²) in [6.07, 6.45) is 4.21. The van der Waals surface area contributed by atoms with E-state index < -0.39 is 0 Å². The molecular formula is C27H29ClN4O3S. The molecule has 1 aliphatic heterocycles. The fraction of sp³-hybridized carbons (Fsp3) is 0.370. The van der Waals surface area contributed by atoms with Crippen molar-refractivity contribution >= 4 is 33.2 Å². The Kier molecular flexibility index (Phi) is 6.53.